The average Bonchev–Trinajstić information content (AvgIpc) is 2.86. The van der Waals surface area contributed by atoms with Crippen molar-refractivity contribution in [1.29, 1.82) is 0 Å². The van der Waals surface area contributed by atoms with Crippen LogP contribution in [0.4, 0.5) is 10.1 Å². The minimum atomic E-state index is -0.519. The van der Waals surface area contributed by atoms with Gasteiger partial charge in [-0.15, -0.1) is 0 Å². The van der Waals surface area contributed by atoms with Gasteiger partial charge in [-0.1, -0.05) is 12.1 Å². The number of amides is 2. The van der Waals surface area contributed by atoms with Crippen molar-refractivity contribution in [3.63, 3.8) is 0 Å². The van der Waals surface area contributed by atoms with Crippen molar-refractivity contribution in [2.75, 3.05) is 25.0 Å². The van der Waals surface area contributed by atoms with E-state index in [0.717, 1.165) is 0 Å². The van der Waals surface area contributed by atoms with Crippen LogP contribution in [-0.4, -0.2) is 42.9 Å². The molecule has 6 heteroatoms. The van der Waals surface area contributed by atoms with Crippen LogP contribution in [0.5, 0.6) is 0 Å². The van der Waals surface area contributed by atoms with Gasteiger partial charge >= 0.3 is 0 Å². The highest BCUT2D eigenvalue weighted by Gasteiger charge is 2.37. The lowest BCUT2D eigenvalue weighted by molar-refractivity contribution is -0.136. The van der Waals surface area contributed by atoms with E-state index in [-0.39, 0.29) is 17.5 Å². The Morgan fingerprint density at radius 3 is 2.86 bits per heavy atom. The molecule has 0 aliphatic carbocycles. The van der Waals surface area contributed by atoms with Crippen molar-refractivity contribution in [2.45, 2.75) is 25.3 Å². The molecule has 1 atom stereocenters. The number of likely N-dealkylation sites (N-methyl/N-ethyl adjacent to an activating group) is 1. The molecule has 114 valence electrons. The highest BCUT2D eigenvalue weighted by molar-refractivity contribution is 6.01. The van der Waals surface area contributed by atoms with E-state index >= 15 is 0 Å². The second-order valence-electron chi connectivity index (χ2n) is 5.14. The Bertz CT molecular complexity index is 535. The summed E-state index contributed by atoms with van der Waals surface area (Å²) in [6.07, 6.45) is 1.44. The van der Waals surface area contributed by atoms with Gasteiger partial charge in [0.1, 0.15) is 11.9 Å². The zero-order valence-electron chi connectivity index (χ0n) is 12.1. The fourth-order valence-electron chi connectivity index (χ4n) is 2.54. The minimum absolute atomic E-state index is 0.103. The van der Waals surface area contributed by atoms with Crippen LogP contribution < -0.4 is 10.6 Å². The van der Waals surface area contributed by atoms with Crippen LogP contribution in [0.15, 0.2) is 24.3 Å². The molecule has 21 heavy (non-hydrogen) atoms. The Morgan fingerprint density at radius 2 is 2.19 bits per heavy atom. The summed E-state index contributed by atoms with van der Waals surface area (Å²) >= 11 is 0. The Kier molecular flexibility index (Phi) is 4.90. The first-order valence-corrected chi connectivity index (χ1v) is 7.08. The van der Waals surface area contributed by atoms with Gasteiger partial charge in [-0.2, -0.15) is 0 Å². The average molecular weight is 293 g/mol. The molecule has 2 amide bonds. The van der Waals surface area contributed by atoms with Gasteiger partial charge < -0.3 is 15.5 Å². The Balaban J connectivity index is 2.08. The van der Waals surface area contributed by atoms with Crippen molar-refractivity contribution in [3.05, 3.63) is 30.1 Å². The quantitative estimate of drug-likeness (QED) is 0.885. The molecule has 0 saturated carbocycles. The molecule has 1 saturated heterocycles. The summed E-state index contributed by atoms with van der Waals surface area (Å²) in [6.45, 7) is 0.860. The van der Waals surface area contributed by atoms with E-state index in [1.54, 1.807) is 25.2 Å². The summed E-state index contributed by atoms with van der Waals surface area (Å²) < 4.78 is 13.8. The summed E-state index contributed by atoms with van der Waals surface area (Å²) in [5, 5.41) is 0. The second kappa shape index (κ2) is 6.67. The molecule has 0 spiro atoms. The number of hydrogen-bond donors (Lipinski definition) is 1. The Hall–Kier alpha value is -1.95. The number of hydrogen-bond acceptors (Lipinski definition) is 3. The van der Waals surface area contributed by atoms with Crippen LogP contribution in [0.2, 0.25) is 0 Å². The molecule has 5 nitrogen and oxygen atoms in total. The lowest BCUT2D eigenvalue weighted by Gasteiger charge is -2.24. The number of carbonyl (C=O) groups is 2. The molecule has 1 unspecified atom stereocenters. The summed E-state index contributed by atoms with van der Waals surface area (Å²) in [5.41, 5.74) is 5.66. The fourth-order valence-corrected chi connectivity index (χ4v) is 2.54. The summed E-state index contributed by atoms with van der Waals surface area (Å²) in [5.74, 6) is -0.763. The number of rotatable bonds is 5. The molecule has 0 radical (unpaired) electrons. The van der Waals surface area contributed by atoms with E-state index < -0.39 is 11.9 Å². The van der Waals surface area contributed by atoms with Gasteiger partial charge in [0.15, 0.2) is 0 Å². The standard InChI is InChI=1S/C15H20FN3O2/c1-18(14(20)7-4-9-17)13-8-10-19(15(13)21)12-6-3-2-5-11(12)16/h2-3,5-6,13H,4,7-10,17H2,1H3. The molecule has 1 fully saturated rings. The molecular weight excluding hydrogens is 273 g/mol. The number of anilines is 1. The molecule has 1 aromatic carbocycles. The third-order valence-electron chi connectivity index (χ3n) is 3.78. The topological polar surface area (TPSA) is 66.6 Å². The van der Waals surface area contributed by atoms with Gasteiger partial charge in [0.25, 0.3) is 0 Å². The Labute approximate surface area is 123 Å². The van der Waals surface area contributed by atoms with Crippen LogP contribution in [0.1, 0.15) is 19.3 Å². The first-order chi connectivity index (χ1) is 10.1. The van der Waals surface area contributed by atoms with Gasteiger partial charge in [0.05, 0.1) is 5.69 Å². The predicted octanol–water partition coefficient (Wildman–Crippen LogP) is 1.13. The number of halogens is 1. The molecule has 0 bridgehead atoms. The second-order valence-corrected chi connectivity index (χ2v) is 5.14. The normalized spacial score (nSPS) is 18.1. The van der Waals surface area contributed by atoms with E-state index in [4.69, 9.17) is 5.73 Å². The number of nitrogens with two attached hydrogens (primary N) is 1. The molecule has 1 heterocycles. The van der Waals surface area contributed by atoms with E-state index in [1.165, 1.54) is 15.9 Å². The Morgan fingerprint density at radius 1 is 1.48 bits per heavy atom. The van der Waals surface area contributed by atoms with Gasteiger partial charge in [-0.25, -0.2) is 4.39 Å². The smallest absolute Gasteiger partial charge is 0.249 e. The number of nitrogens with zero attached hydrogens (tertiary/aromatic N) is 2. The van der Waals surface area contributed by atoms with E-state index in [1.807, 2.05) is 0 Å². The number of carbonyl (C=O) groups excluding carboxylic acids is 2. The zero-order chi connectivity index (χ0) is 15.4. The lowest BCUT2D eigenvalue weighted by atomic mass is 10.2. The highest BCUT2D eigenvalue weighted by Crippen LogP contribution is 2.26. The minimum Gasteiger partial charge on any atom is -0.334 e. The van der Waals surface area contributed by atoms with Crippen molar-refractivity contribution in [1.82, 2.24) is 4.90 Å². The van der Waals surface area contributed by atoms with Gasteiger partial charge in [-0.3, -0.25) is 9.59 Å². The van der Waals surface area contributed by atoms with E-state index in [2.05, 4.69) is 0 Å². The molecule has 2 rings (SSSR count). The summed E-state index contributed by atoms with van der Waals surface area (Å²) in [6, 6.07) is 5.65. The van der Waals surface area contributed by atoms with Gasteiger partial charge in [-0.05, 0) is 31.5 Å². The highest BCUT2D eigenvalue weighted by atomic mass is 19.1. The molecule has 1 aliphatic heterocycles. The SMILES string of the molecule is CN(C(=O)CCCN)C1CCN(c2ccccc2F)C1=O. The number of benzene rings is 1. The van der Waals surface area contributed by atoms with Gasteiger partial charge in [0, 0.05) is 20.0 Å². The molecule has 1 aliphatic rings. The monoisotopic (exact) mass is 293 g/mol. The zero-order valence-corrected chi connectivity index (χ0v) is 12.1. The predicted molar refractivity (Wildman–Crippen MR) is 78.2 cm³/mol. The maximum absolute atomic E-state index is 13.8. The third-order valence-corrected chi connectivity index (χ3v) is 3.78. The van der Waals surface area contributed by atoms with Crippen molar-refractivity contribution in [2.24, 2.45) is 5.73 Å². The largest absolute Gasteiger partial charge is 0.334 e. The van der Waals surface area contributed by atoms with Gasteiger partial charge in [0.2, 0.25) is 11.8 Å². The maximum Gasteiger partial charge on any atom is 0.249 e. The van der Waals surface area contributed by atoms with Crippen LogP contribution >= 0.6 is 0 Å². The molecular formula is C15H20FN3O2. The maximum atomic E-state index is 13.8. The van der Waals surface area contributed by atoms with Crippen molar-refractivity contribution >= 4 is 17.5 Å². The van der Waals surface area contributed by atoms with E-state index in [9.17, 15) is 14.0 Å². The molecule has 0 aromatic heterocycles. The first kappa shape index (κ1) is 15.4. The van der Waals surface area contributed by atoms with Crippen LogP contribution in [0, 0.1) is 5.82 Å². The summed E-state index contributed by atoms with van der Waals surface area (Å²) in [4.78, 5) is 27.3. The van der Waals surface area contributed by atoms with Crippen molar-refractivity contribution < 1.29 is 14.0 Å². The van der Waals surface area contributed by atoms with Crippen LogP contribution in [-0.2, 0) is 9.59 Å². The van der Waals surface area contributed by atoms with Crippen LogP contribution in [0.25, 0.3) is 0 Å². The fraction of sp³-hybridized carbons (Fsp3) is 0.467. The summed E-state index contributed by atoms with van der Waals surface area (Å²) in [7, 11) is 1.62. The molecule has 2 N–H and O–H groups in total. The van der Waals surface area contributed by atoms with Crippen LogP contribution in [0.3, 0.4) is 0 Å². The number of para-hydroxylation sites is 1. The first-order valence-electron chi connectivity index (χ1n) is 7.08. The molecule has 1 aromatic rings. The van der Waals surface area contributed by atoms with E-state index in [0.29, 0.717) is 32.4 Å². The lowest BCUT2D eigenvalue weighted by Crippen LogP contribution is -2.43. The third kappa shape index (κ3) is 3.21. The van der Waals surface area contributed by atoms with Crippen molar-refractivity contribution in [3.8, 4) is 0 Å².